The van der Waals surface area contributed by atoms with Gasteiger partial charge < -0.3 is 26.4 Å². The first-order valence-corrected chi connectivity index (χ1v) is 17.8. The van der Waals surface area contributed by atoms with Crippen LogP contribution in [0.1, 0.15) is 37.8 Å². The first-order chi connectivity index (χ1) is 23.2. The molecule has 254 valence electrons. The molecule has 0 saturated carbocycles. The maximum absolute atomic E-state index is 13.9. The minimum atomic E-state index is -0.990. The highest BCUT2D eigenvalue weighted by Crippen LogP contribution is 2.19. The van der Waals surface area contributed by atoms with Crippen molar-refractivity contribution in [2.24, 2.45) is 5.92 Å². The maximum atomic E-state index is 13.9. The lowest BCUT2D eigenvalue weighted by Gasteiger charge is -2.27. The first kappa shape index (κ1) is 36.4. The minimum absolute atomic E-state index is 0.0539. The Morgan fingerprint density at radius 2 is 1.23 bits per heavy atom. The van der Waals surface area contributed by atoms with Gasteiger partial charge in [-0.1, -0.05) is 98.8 Å². The highest BCUT2D eigenvalue weighted by atomic mass is 32.2. The van der Waals surface area contributed by atoms with E-state index in [4.69, 9.17) is 0 Å². The lowest BCUT2D eigenvalue weighted by atomic mass is 9.98. The molecule has 4 aromatic rings. The van der Waals surface area contributed by atoms with Crippen LogP contribution in [0.4, 0.5) is 0 Å². The van der Waals surface area contributed by atoms with Crippen molar-refractivity contribution in [2.75, 3.05) is 18.6 Å². The molecular formula is C38H46N4O5S. The molecule has 10 heteroatoms. The van der Waals surface area contributed by atoms with Gasteiger partial charge in [0.05, 0.1) is 12.6 Å². The molecule has 4 amide bonds. The summed E-state index contributed by atoms with van der Waals surface area (Å²) in [6.07, 6.45) is 3.74. The monoisotopic (exact) mass is 670 g/mol. The van der Waals surface area contributed by atoms with Gasteiger partial charge in [0.2, 0.25) is 24.1 Å². The number of amides is 4. The third-order valence-corrected chi connectivity index (χ3v) is 8.93. The standard InChI is InChI=1S/C38H46N4O5S/c1-25(2)18-34(41-36(45)33(39-24-44)16-17-48-3)38(47)42-35(22-27-13-15-29-9-5-7-11-31(29)20-27)37(46)40-32(23-43)21-26-12-14-28-8-4-6-10-30(28)19-26/h4-15,19-20,24-25,32-35,43H,16-18,21-23H2,1-3H3,(H,39,44)(H,40,46)(H,41,45)(H,42,47)/t32-,33+,34+,35+/m1/s1. The van der Waals surface area contributed by atoms with Crippen molar-refractivity contribution < 1.29 is 24.3 Å². The van der Waals surface area contributed by atoms with Crippen LogP contribution in [0, 0.1) is 5.92 Å². The van der Waals surface area contributed by atoms with Crippen molar-refractivity contribution in [1.29, 1.82) is 0 Å². The zero-order valence-corrected chi connectivity index (χ0v) is 28.6. The fourth-order valence-corrected chi connectivity index (χ4v) is 6.25. The van der Waals surface area contributed by atoms with Crippen LogP contribution in [-0.4, -0.2) is 72.0 Å². The molecule has 0 bridgehead atoms. The molecule has 0 saturated heterocycles. The predicted molar refractivity (Wildman–Crippen MR) is 194 cm³/mol. The van der Waals surface area contributed by atoms with Gasteiger partial charge in [0.1, 0.15) is 18.1 Å². The van der Waals surface area contributed by atoms with Crippen molar-refractivity contribution in [3.63, 3.8) is 0 Å². The van der Waals surface area contributed by atoms with E-state index in [-0.39, 0.29) is 18.9 Å². The number of thioether (sulfide) groups is 1. The molecule has 5 N–H and O–H groups in total. The van der Waals surface area contributed by atoms with Gasteiger partial charge in [-0.3, -0.25) is 19.2 Å². The molecule has 0 unspecified atom stereocenters. The largest absolute Gasteiger partial charge is 0.394 e. The van der Waals surface area contributed by atoms with Gasteiger partial charge in [0.25, 0.3) is 0 Å². The molecule has 4 rings (SSSR count). The fraction of sp³-hybridized carbons (Fsp3) is 0.368. The van der Waals surface area contributed by atoms with E-state index in [1.165, 1.54) is 0 Å². The Morgan fingerprint density at radius 1 is 0.708 bits per heavy atom. The third kappa shape index (κ3) is 10.6. The number of hydrogen-bond acceptors (Lipinski definition) is 6. The van der Waals surface area contributed by atoms with E-state index >= 15 is 0 Å². The predicted octanol–water partition coefficient (Wildman–Crippen LogP) is 4.14. The smallest absolute Gasteiger partial charge is 0.243 e. The van der Waals surface area contributed by atoms with Crippen LogP contribution in [0.15, 0.2) is 84.9 Å². The number of rotatable bonds is 18. The van der Waals surface area contributed by atoms with E-state index in [2.05, 4.69) is 21.3 Å². The number of fused-ring (bicyclic) bond motifs is 2. The summed E-state index contributed by atoms with van der Waals surface area (Å²) in [7, 11) is 0. The molecule has 0 aromatic heterocycles. The molecular weight excluding hydrogens is 625 g/mol. The van der Waals surface area contributed by atoms with Gasteiger partial charge >= 0.3 is 0 Å². The summed E-state index contributed by atoms with van der Waals surface area (Å²) in [6, 6.07) is 24.6. The van der Waals surface area contributed by atoms with Crippen LogP contribution >= 0.6 is 11.8 Å². The summed E-state index contributed by atoms with van der Waals surface area (Å²) in [6.45, 7) is 3.60. The maximum Gasteiger partial charge on any atom is 0.243 e. The Balaban J connectivity index is 1.56. The molecule has 0 aliphatic heterocycles. The first-order valence-electron chi connectivity index (χ1n) is 16.4. The van der Waals surface area contributed by atoms with Crippen molar-refractivity contribution in [1.82, 2.24) is 21.3 Å². The topological polar surface area (TPSA) is 137 Å². The number of aliphatic hydroxyl groups is 1. The molecule has 0 aliphatic rings. The number of aliphatic hydroxyl groups excluding tert-OH is 1. The van der Waals surface area contributed by atoms with Crippen LogP contribution in [0.3, 0.4) is 0 Å². The number of carbonyl (C=O) groups is 4. The molecule has 0 aliphatic carbocycles. The average molecular weight is 671 g/mol. The van der Waals surface area contributed by atoms with E-state index in [0.29, 0.717) is 31.4 Å². The second kappa shape index (κ2) is 18.2. The van der Waals surface area contributed by atoms with Gasteiger partial charge in [0, 0.05) is 6.42 Å². The van der Waals surface area contributed by atoms with E-state index in [1.54, 1.807) is 11.8 Å². The molecule has 0 heterocycles. The third-order valence-electron chi connectivity index (χ3n) is 8.29. The quantitative estimate of drug-likeness (QED) is 0.101. The van der Waals surface area contributed by atoms with Gasteiger partial charge in [-0.2, -0.15) is 11.8 Å². The van der Waals surface area contributed by atoms with E-state index in [1.807, 2.05) is 105 Å². The molecule has 9 nitrogen and oxygen atoms in total. The number of nitrogens with one attached hydrogen (secondary N) is 4. The Bertz CT molecular complexity index is 1700. The summed E-state index contributed by atoms with van der Waals surface area (Å²) in [5.74, 6) is -0.685. The Labute approximate surface area is 286 Å². The fourth-order valence-electron chi connectivity index (χ4n) is 5.78. The Morgan fingerprint density at radius 3 is 1.77 bits per heavy atom. The van der Waals surface area contributed by atoms with Crippen LogP contribution in [0.25, 0.3) is 21.5 Å². The SMILES string of the molecule is CSCC[C@H](NC=O)C(=O)N[C@@H](CC(C)C)C(=O)N[C@@H](Cc1ccc2ccccc2c1)C(=O)N[C@@H](CO)Cc1ccc2ccccc2c1. The zero-order valence-electron chi connectivity index (χ0n) is 27.8. The minimum Gasteiger partial charge on any atom is -0.394 e. The van der Waals surface area contributed by atoms with Crippen LogP contribution in [0.5, 0.6) is 0 Å². The van der Waals surface area contributed by atoms with E-state index in [9.17, 15) is 24.3 Å². The summed E-state index contributed by atoms with van der Waals surface area (Å²) >= 11 is 1.55. The van der Waals surface area contributed by atoms with Gasteiger partial charge in [-0.05, 0) is 69.9 Å². The summed E-state index contributed by atoms with van der Waals surface area (Å²) in [4.78, 5) is 52.2. The van der Waals surface area contributed by atoms with Crippen molar-refractivity contribution >= 4 is 57.4 Å². The number of hydrogen-bond donors (Lipinski definition) is 5. The molecule has 0 spiro atoms. The number of benzene rings is 4. The van der Waals surface area contributed by atoms with Crippen molar-refractivity contribution in [2.45, 2.75) is 63.7 Å². The molecule has 0 radical (unpaired) electrons. The second-order valence-electron chi connectivity index (χ2n) is 12.5. The summed E-state index contributed by atoms with van der Waals surface area (Å²) in [5.41, 5.74) is 1.81. The van der Waals surface area contributed by atoms with Crippen LogP contribution < -0.4 is 21.3 Å². The molecule has 0 fully saturated rings. The van der Waals surface area contributed by atoms with Gasteiger partial charge in [-0.25, -0.2) is 0 Å². The summed E-state index contributed by atoms with van der Waals surface area (Å²) < 4.78 is 0. The molecule has 48 heavy (non-hydrogen) atoms. The van der Waals surface area contributed by atoms with Crippen LogP contribution in [-0.2, 0) is 32.0 Å². The van der Waals surface area contributed by atoms with Gasteiger partial charge in [0.15, 0.2) is 0 Å². The highest BCUT2D eigenvalue weighted by molar-refractivity contribution is 7.98. The number of carbonyl (C=O) groups excluding carboxylic acids is 4. The van der Waals surface area contributed by atoms with E-state index < -0.39 is 41.9 Å². The molecule has 4 aromatic carbocycles. The molecule has 4 atom stereocenters. The van der Waals surface area contributed by atoms with Crippen molar-refractivity contribution in [3.8, 4) is 0 Å². The Kier molecular flexibility index (Phi) is 13.8. The lowest BCUT2D eigenvalue weighted by Crippen LogP contribution is -2.58. The normalized spacial score (nSPS) is 13.8. The lowest BCUT2D eigenvalue weighted by molar-refractivity contribution is -0.133. The average Bonchev–Trinajstić information content (AvgIpc) is 3.08. The second-order valence-corrected chi connectivity index (χ2v) is 13.5. The Hall–Kier alpha value is -4.41. The van der Waals surface area contributed by atoms with Gasteiger partial charge in [-0.15, -0.1) is 0 Å². The zero-order chi connectivity index (χ0) is 34.5. The van der Waals surface area contributed by atoms with E-state index in [0.717, 1.165) is 32.7 Å². The van der Waals surface area contributed by atoms with Crippen molar-refractivity contribution in [3.05, 3.63) is 96.1 Å². The highest BCUT2D eigenvalue weighted by Gasteiger charge is 2.30. The van der Waals surface area contributed by atoms with Crippen LogP contribution in [0.2, 0.25) is 0 Å². The summed E-state index contributed by atoms with van der Waals surface area (Å²) in [5, 5.41) is 25.8.